The van der Waals surface area contributed by atoms with Gasteiger partial charge in [-0.3, -0.25) is 4.79 Å². The molecular formula is C16H12Br2N2O. The predicted molar refractivity (Wildman–Crippen MR) is 80.4 cm³/mol. The van der Waals surface area contributed by atoms with Gasteiger partial charge in [-0.25, -0.2) is 4.98 Å². The third-order valence-corrected chi connectivity index (χ3v) is 3.66. The Labute approximate surface area is 141 Å². The second-order valence-corrected chi connectivity index (χ2v) is 5.39. The maximum atomic E-state index is 12.3. The largest absolute Gasteiger partial charge is 1.00 e. The minimum atomic E-state index is 0. The van der Waals surface area contributed by atoms with Crippen LogP contribution in [0.4, 0.5) is 0 Å². The van der Waals surface area contributed by atoms with Gasteiger partial charge in [0.05, 0.1) is 6.20 Å². The van der Waals surface area contributed by atoms with E-state index in [4.69, 9.17) is 0 Å². The number of nitrogens with zero attached hydrogens (tertiary/aromatic N) is 2. The van der Waals surface area contributed by atoms with Crippen LogP contribution in [0.2, 0.25) is 0 Å². The normalized spacial score (nSPS) is 10.1. The summed E-state index contributed by atoms with van der Waals surface area (Å²) in [4.78, 5) is 16.6. The van der Waals surface area contributed by atoms with Crippen LogP contribution in [0.3, 0.4) is 0 Å². The molecule has 1 aromatic heterocycles. The summed E-state index contributed by atoms with van der Waals surface area (Å²) < 4.78 is 2.89. The molecule has 0 saturated carbocycles. The van der Waals surface area contributed by atoms with Gasteiger partial charge in [-0.05, 0) is 18.2 Å². The smallest absolute Gasteiger partial charge is 0.231 e. The number of carbonyl (C=O) groups is 1. The number of para-hydroxylation sites is 2. The first-order valence-electron chi connectivity index (χ1n) is 6.26. The van der Waals surface area contributed by atoms with E-state index in [-0.39, 0.29) is 22.8 Å². The Bertz CT molecular complexity index is 767. The van der Waals surface area contributed by atoms with Gasteiger partial charge in [-0.1, -0.05) is 40.2 Å². The van der Waals surface area contributed by atoms with E-state index in [0.717, 1.165) is 15.5 Å². The van der Waals surface area contributed by atoms with E-state index in [2.05, 4.69) is 20.9 Å². The van der Waals surface area contributed by atoms with E-state index in [1.54, 1.807) is 6.20 Å². The number of Topliss-reactive ketones (excluding diaryl/α,β-unsaturated/α-hetero) is 1. The number of hydrogen-bond acceptors (Lipinski definition) is 2. The highest BCUT2D eigenvalue weighted by Crippen LogP contribution is 2.11. The standard InChI is InChI=1S/C16H12BrN2O.BrH/c17-13-7-5-12(6-8-13)16(20)11-19-10-9-18-14-3-1-2-4-15(14)19;/h1-10H,11H2;1H/q+1;/p-1. The van der Waals surface area contributed by atoms with E-state index in [9.17, 15) is 4.79 Å². The Kier molecular flexibility index (Phi) is 5.20. The average molecular weight is 408 g/mol. The minimum Gasteiger partial charge on any atom is -1.00 e. The summed E-state index contributed by atoms with van der Waals surface area (Å²) in [6.07, 6.45) is 3.55. The van der Waals surface area contributed by atoms with Crippen LogP contribution in [-0.4, -0.2) is 10.8 Å². The molecule has 21 heavy (non-hydrogen) atoms. The van der Waals surface area contributed by atoms with Crippen molar-refractivity contribution in [1.82, 2.24) is 4.98 Å². The second kappa shape index (κ2) is 6.91. The number of ketones is 1. The van der Waals surface area contributed by atoms with Crippen LogP contribution >= 0.6 is 15.9 Å². The summed E-state index contributed by atoms with van der Waals surface area (Å²) in [6, 6.07) is 15.2. The quantitative estimate of drug-likeness (QED) is 0.458. The van der Waals surface area contributed by atoms with E-state index in [0.29, 0.717) is 12.1 Å². The van der Waals surface area contributed by atoms with Crippen molar-refractivity contribution in [3.8, 4) is 0 Å². The Morgan fingerprint density at radius 1 is 1.10 bits per heavy atom. The van der Waals surface area contributed by atoms with Crippen LogP contribution in [0, 0.1) is 0 Å². The SMILES string of the molecule is O=C(C[n+]1ccnc2ccccc21)c1ccc(Br)cc1.[Br-]. The van der Waals surface area contributed by atoms with Gasteiger partial charge in [0.15, 0.2) is 6.20 Å². The Morgan fingerprint density at radius 3 is 2.57 bits per heavy atom. The van der Waals surface area contributed by atoms with Gasteiger partial charge in [0.2, 0.25) is 17.8 Å². The lowest BCUT2D eigenvalue weighted by Crippen LogP contribution is -3.00. The van der Waals surface area contributed by atoms with Gasteiger partial charge in [0, 0.05) is 16.1 Å². The molecule has 5 heteroatoms. The van der Waals surface area contributed by atoms with Crippen LogP contribution in [0.5, 0.6) is 0 Å². The highest BCUT2D eigenvalue weighted by molar-refractivity contribution is 9.10. The molecular weight excluding hydrogens is 396 g/mol. The molecule has 0 spiro atoms. The molecule has 3 nitrogen and oxygen atoms in total. The molecule has 0 aliphatic rings. The summed E-state index contributed by atoms with van der Waals surface area (Å²) in [5, 5.41) is 0. The van der Waals surface area contributed by atoms with Crippen molar-refractivity contribution >= 4 is 32.7 Å². The maximum Gasteiger partial charge on any atom is 0.231 e. The molecule has 0 bridgehead atoms. The molecule has 0 radical (unpaired) electrons. The summed E-state index contributed by atoms with van der Waals surface area (Å²) in [5.74, 6) is 0.0823. The molecule has 0 saturated heterocycles. The number of aromatic nitrogens is 2. The predicted octanol–water partition coefficient (Wildman–Crippen LogP) is 0.172. The monoisotopic (exact) mass is 406 g/mol. The lowest BCUT2D eigenvalue weighted by atomic mass is 10.1. The van der Waals surface area contributed by atoms with Gasteiger partial charge in [-0.15, -0.1) is 0 Å². The molecule has 0 fully saturated rings. The number of rotatable bonds is 3. The molecule has 0 atom stereocenters. The van der Waals surface area contributed by atoms with Gasteiger partial charge >= 0.3 is 0 Å². The topological polar surface area (TPSA) is 33.8 Å². The van der Waals surface area contributed by atoms with Crippen LogP contribution in [0.1, 0.15) is 10.4 Å². The molecule has 0 unspecified atom stereocenters. The maximum absolute atomic E-state index is 12.3. The molecule has 3 rings (SSSR count). The second-order valence-electron chi connectivity index (χ2n) is 4.47. The van der Waals surface area contributed by atoms with E-state index in [1.807, 2.05) is 59.3 Å². The fraction of sp³-hybridized carbons (Fsp3) is 0.0625. The fourth-order valence-electron chi connectivity index (χ4n) is 2.11. The van der Waals surface area contributed by atoms with Crippen molar-refractivity contribution in [3.63, 3.8) is 0 Å². The number of benzene rings is 2. The van der Waals surface area contributed by atoms with E-state index >= 15 is 0 Å². The van der Waals surface area contributed by atoms with Crippen molar-refractivity contribution in [3.05, 3.63) is 71.0 Å². The van der Waals surface area contributed by atoms with E-state index < -0.39 is 0 Å². The molecule has 0 N–H and O–H groups in total. The molecule has 2 aromatic carbocycles. The Hall–Kier alpha value is -1.59. The van der Waals surface area contributed by atoms with Gasteiger partial charge in [-0.2, -0.15) is 4.57 Å². The minimum absolute atomic E-state index is 0. The van der Waals surface area contributed by atoms with Gasteiger partial charge in [0.1, 0.15) is 5.52 Å². The first kappa shape index (κ1) is 15.8. The first-order valence-corrected chi connectivity index (χ1v) is 7.05. The first-order chi connectivity index (χ1) is 9.74. The molecule has 1 heterocycles. The molecule has 0 aliphatic carbocycles. The average Bonchev–Trinajstić information content (AvgIpc) is 2.48. The van der Waals surface area contributed by atoms with Gasteiger partial charge in [0.25, 0.3) is 0 Å². The number of fused-ring (bicyclic) bond motifs is 1. The number of halogens is 2. The Balaban J connectivity index is 0.00000161. The van der Waals surface area contributed by atoms with Crippen molar-refractivity contribution in [2.75, 3.05) is 0 Å². The van der Waals surface area contributed by atoms with Crippen molar-refractivity contribution < 1.29 is 26.3 Å². The third-order valence-electron chi connectivity index (χ3n) is 3.13. The van der Waals surface area contributed by atoms with Crippen LogP contribution in [-0.2, 0) is 6.54 Å². The summed E-state index contributed by atoms with van der Waals surface area (Å²) >= 11 is 3.37. The lowest BCUT2D eigenvalue weighted by molar-refractivity contribution is -0.657. The van der Waals surface area contributed by atoms with Crippen molar-refractivity contribution in [1.29, 1.82) is 0 Å². The summed E-state index contributed by atoms with van der Waals surface area (Å²) in [7, 11) is 0. The lowest BCUT2D eigenvalue weighted by Gasteiger charge is -2.01. The fourth-order valence-corrected chi connectivity index (χ4v) is 2.37. The molecule has 106 valence electrons. The number of hydrogen-bond donors (Lipinski definition) is 0. The molecule has 0 aliphatic heterocycles. The number of carbonyl (C=O) groups excluding carboxylic acids is 1. The summed E-state index contributed by atoms with van der Waals surface area (Å²) in [6.45, 7) is 0.310. The van der Waals surface area contributed by atoms with Crippen LogP contribution < -0.4 is 21.5 Å². The summed E-state index contributed by atoms with van der Waals surface area (Å²) in [5.41, 5.74) is 2.56. The van der Waals surface area contributed by atoms with E-state index in [1.165, 1.54) is 0 Å². The van der Waals surface area contributed by atoms with Crippen molar-refractivity contribution in [2.45, 2.75) is 6.54 Å². The van der Waals surface area contributed by atoms with Crippen LogP contribution in [0.15, 0.2) is 65.4 Å². The highest BCUT2D eigenvalue weighted by Gasteiger charge is 2.15. The van der Waals surface area contributed by atoms with Crippen molar-refractivity contribution in [2.24, 2.45) is 0 Å². The van der Waals surface area contributed by atoms with Crippen LogP contribution in [0.25, 0.3) is 11.0 Å². The molecule has 3 aromatic rings. The molecule has 0 amide bonds. The zero-order valence-electron chi connectivity index (χ0n) is 11.0. The van der Waals surface area contributed by atoms with Gasteiger partial charge < -0.3 is 17.0 Å². The Morgan fingerprint density at radius 2 is 1.81 bits per heavy atom. The third kappa shape index (κ3) is 3.54. The zero-order chi connectivity index (χ0) is 13.9. The highest BCUT2D eigenvalue weighted by atomic mass is 79.9. The zero-order valence-corrected chi connectivity index (χ0v) is 14.2.